The highest BCUT2D eigenvalue weighted by molar-refractivity contribution is 6.41. The molecule has 1 aromatic carbocycles. The maximum absolute atomic E-state index is 13.6. The molecule has 7 nitrogen and oxygen atoms in total. The van der Waals surface area contributed by atoms with Crippen LogP contribution in [0.15, 0.2) is 41.3 Å². The smallest absolute Gasteiger partial charge is 0.351 e. The van der Waals surface area contributed by atoms with Crippen LogP contribution in [-0.2, 0) is 6.18 Å². The van der Waals surface area contributed by atoms with Crippen LogP contribution in [0.25, 0.3) is 11.4 Å². The molecule has 3 aromatic rings. The Morgan fingerprint density at radius 3 is 2.34 bits per heavy atom. The number of hydrogen-bond donors (Lipinski definition) is 1. The summed E-state index contributed by atoms with van der Waals surface area (Å²) in [5.41, 5.74) is -2.37. The zero-order valence-electron chi connectivity index (χ0n) is 14.7. The largest absolute Gasteiger partial charge is 0.435 e. The molecule has 0 aliphatic rings. The molecule has 0 saturated carbocycles. The Morgan fingerprint density at radius 1 is 1.14 bits per heavy atom. The fraction of sp³-hybridized carbons (Fsp3) is 0.176. The molecule has 1 N–H and O–H groups in total. The number of alkyl halides is 3. The van der Waals surface area contributed by atoms with Crippen LogP contribution in [0.2, 0.25) is 10.0 Å². The van der Waals surface area contributed by atoms with E-state index in [1.54, 1.807) is 6.92 Å². The molecule has 0 atom stereocenters. The second kappa shape index (κ2) is 7.88. The number of nitrogens with zero attached hydrogens (tertiary/aromatic N) is 4. The first-order chi connectivity index (χ1) is 13.6. The SMILES string of the molecule is CCNC(=O)c1nnn(-c2ccc(-n3ccc(Cl)c(Cl)c3=O)cc2)c1C(F)(F)F. The summed E-state index contributed by atoms with van der Waals surface area (Å²) in [5.74, 6) is -0.981. The molecule has 0 bridgehead atoms. The van der Waals surface area contributed by atoms with Crippen molar-refractivity contribution in [2.24, 2.45) is 0 Å². The van der Waals surface area contributed by atoms with Gasteiger partial charge in [0.15, 0.2) is 11.4 Å². The molecule has 0 unspecified atom stereocenters. The fourth-order valence-corrected chi connectivity index (χ4v) is 2.85. The Balaban J connectivity index is 2.06. The van der Waals surface area contributed by atoms with Crippen LogP contribution in [0.3, 0.4) is 0 Å². The second-order valence-corrected chi connectivity index (χ2v) is 6.51. The topological polar surface area (TPSA) is 81.8 Å². The van der Waals surface area contributed by atoms with Crippen LogP contribution in [0, 0.1) is 0 Å². The van der Waals surface area contributed by atoms with Crippen molar-refractivity contribution in [1.29, 1.82) is 0 Å². The van der Waals surface area contributed by atoms with Crippen molar-refractivity contribution in [3.63, 3.8) is 0 Å². The maximum Gasteiger partial charge on any atom is 0.435 e. The predicted molar refractivity (Wildman–Crippen MR) is 100.0 cm³/mol. The molecule has 12 heteroatoms. The van der Waals surface area contributed by atoms with Crippen LogP contribution in [0.1, 0.15) is 23.1 Å². The van der Waals surface area contributed by atoms with Gasteiger partial charge in [-0.05, 0) is 37.3 Å². The lowest BCUT2D eigenvalue weighted by Gasteiger charge is -2.12. The summed E-state index contributed by atoms with van der Waals surface area (Å²) < 4.78 is 42.4. The third-order valence-electron chi connectivity index (χ3n) is 3.85. The molecule has 1 amide bonds. The minimum atomic E-state index is -4.87. The average molecular weight is 446 g/mol. The summed E-state index contributed by atoms with van der Waals surface area (Å²) in [6.07, 6.45) is -3.49. The van der Waals surface area contributed by atoms with Gasteiger partial charge >= 0.3 is 6.18 Å². The molecule has 29 heavy (non-hydrogen) atoms. The molecule has 0 aliphatic carbocycles. The number of hydrogen-bond acceptors (Lipinski definition) is 4. The van der Waals surface area contributed by atoms with Gasteiger partial charge in [-0.2, -0.15) is 13.2 Å². The molecular weight excluding hydrogens is 434 g/mol. The molecule has 0 aliphatic heterocycles. The van der Waals surface area contributed by atoms with E-state index in [1.807, 2.05) is 0 Å². The number of carbonyl (C=O) groups is 1. The van der Waals surface area contributed by atoms with Crippen LogP contribution >= 0.6 is 23.2 Å². The number of nitrogens with one attached hydrogen (secondary N) is 1. The molecule has 0 radical (unpaired) electrons. The Morgan fingerprint density at radius 2 is 1.76 bits per heavy atom. The van der Waals surface area contributed by atoms with Gasteiger partial charge < -0.3 is 5.32 Å². The van der Waals surface area contributed by atoms with Crippen molar-refractivity contribution in [2.45, 2.75) is 13.1 Å². The van der Waals surface area contributed by atoms with E-state index in [0.29, 0.717) is 10.4 Å². The molecule has 152 valence electrons. The van der Waals surface area contributed by atoms with Gasteiger partial charge in [0.2, 0.25) is 0 Å². The molecule has 2 heterocycles. The number of pyridine rings is 1. The van der Waals surface area contributed by atoms with E-state index in [0.717, 1.165) is 0 Å². The lowest BCUT2D eigenvalue weighted by Crippen LogP contribution is -2.27. The molecule has 3 rings (SSSR count). The lowest BCUT2D eigenvalue weighted by atomic mass is 10.2. The van der Waals surface area contributed by atoms with E-state index < -0.39 is 29.0 Å². The molecule has 0 spiro atoms. The summed E-state index contributed by atoms with van der Waals surface area (Å²) >= 11 is 11.6. The van der Waals surface area contributed by atoms with Gasteiger partial charge in [0.05, 0.1) is 10.7 Å². The zero-order chi connectivity index (χ0) is 21.3. The van der Waals surface area contributed by atoms with Crippen molar-refractivity contribution >= 4 is 29.1 Å². The third-order valence-corrected chi connectivity index (χ3v) is 4.63. The van der Waals surface area contributed by atoms with Gasteiger partial charge in [-0.25, -0.2) is 4.68 Å². The minimum absolute atomic E-state index is 0.00256. The Bertz CT molecular complexity index is 1120. The van der Waals surface area contributed by atoms with Crippen LogP contribution in [0.5, 0.6) is 0 Å². The quantitative estimate of drug-likeness (QED) is 0.666. The summed E-state index contributed by atoms with van der Waals surface area (Å²) in [6.45, 7) is 1.70. The molecule has 0 fully saturated rings. The van der Waals surface area contributed by atoms with Gasteiger partial charge in [-0.3, -0.25) is 14.2 Å². The van der Waals surface area contributed by atoms with Crippen molar-refractivity contribution in [3.05, 3.63) is 68.3 Å². The second-order valence-electron chi connectivity index (χ2n) is 5.72. The lowest BCUT2D eigenvalue weighted by molar-refractivity contribution is -0.143. The number of halogens is 5. The monoisotopic (exact) mass is 445 g/mol. The van der Waals surface area contributed by atoms with Gasteiger partial charge in [0.25, 0.3) is 11.5 Å². The van der Waals surface area contributed by atoms with E-state index in [-0.39, 0.29) is 22.3 Å². The third kappa shape index (κ3) is 3.99. The average Bonchev–Trinajstić information content (AvgIpc) is 3.12. The summed E-state index contributed by atoms with van der Waals surface area (Å²) in [4.78, 5) is 24.1. The maximum atomic E-state index is 13.6. The van der Waals surface area contributed by atoms with Gasteiger partial charge in [-0.1, -0.05) is 28.4 Å². The Kier molecular flexibility index (Phi) is 5.67. The summed E-state index contributed by atoms with van der Waals surface area (Å²) in [7, 11) is 0. The first kappa shape index (κ1) is 20.9. The highest BCUT2D eigenvalue weighted by atomic mass is 35.5. The van der Waals surface area contributed by atoms with E-state index >= 15 is 0 Å². The first-order valence-corrected chi connectivity index (χ1v) is 8.89. The van der Waals surface area contributed by atoms with Crippen molar-refractivity contribution in [2.75, 3.05) is 6.54 Å². The normalized spacial score (nSPS) is 11.5. The fourth-order valence-electron chi connectivity index (χ4n) is 2.56. The summed E-state index contributed by atoms with van der Waals surface area (Å²) in [5, 5.41) is 9.04. The number of amides is 1. The number of carbonyl (C=O) groups excluding carboxylic acids is 1. The Hall–Kier alpha value is -2.85. The van der Waals surface area contributed by atoms with Crippen molar-refractivity contribution in [3.8, 4) is 11.4 Å². The first-order valence-electron chi connectivity index (χ1n) is 8.13. The van der Waals surface area contributed by atoms with E-state index in [9.17, 15) is 22.8 Å². The number of aromatic nitrogens is 4. The molecule has 0 saturated heterocycles. The zero-order valence-corrected chi connectivity index (χ0v) is 16.2. The van der Waals surface area contributed by atoms with Gasteiger partial charge in [0, 0.05) is 18.4 Å². The van der Waals surface area contributed by atoms with Crippen molar-refractivity contribution in [1.82, 2.24) is 24.9 Å². The van der Waals surface area contributed by atoms with Crippen molar-refractivity contribution < 1.29 is 18.0 Å². The van der Waals surface area contributed by atoms with Crippen LogP contribution in [0.4, 0.5) is 13.2 Å². The minimum Gasteiger partial charge on any atom is -0.351 e. The summed E-state index contributed by atoms with van der Waals surface area (Å²) in [6, 6.07) is 6.81. The van der Waals surface area contributed by atoms with E-state index in [1.165, 1.54) is 41.1 Å². The molecular formula is C17H12Cl2F3N5O2. The highest BCUT2D eigenvalue weighted by Gasteiger charge is 2.41. The van der Waals surface area contributed by atoms with Crippen LogP contribution < -0.4 is 10.9 Å². The van der Waals surface area contributed by atoms with Gasteiger partial charge in [-0.15, -0.1) is 5.10 Å². The Labute approximate surface area is 171 Å². The van der Waals surface area contributed by atoms with Crippen LogP contribution in [-0.4, -0.2) is 32.0 Å². The molecule has 2 aromatic heterocycles. The predicted octanol–water partition coefficient (Wildman–Crippen LogP) is 3.49. The van der Waals surface area contributed by atoms with Gasteiger partial charge in [0.1, 0.15) is 5.02 Å². The standard InChI is InChI=1S/C17H12Cl2F3N5O2/c1-2-23-15(28)13-14(17(20,21)22)27(25-24-13)10-5-3-9(4-6-10)26-8-7-11(18)12(19)16(26)29/h3-8H,2H2,1H3,(H,23,28). The van der Waals surface area contributed by atoms with E-state index in [2.05, 4.69) is 15.6 Å². The number of benzene rings is 1. The number of rotatable bonds is 4. The highest BCUT2D eigenvalue weighted by Crippen LogP contribution is 2.32. The van der Waals surface area contributed by atoms with E-state index in [4.69, 9.17) is 23.2 Å².